The number of carbonyl (C=O) groups excluding carboxylic acids is 2. The highest BCUT2D eigenvalue weighted by Gasteiger charge is 2.36. The van der Waals surface area contributed by atoms with Gasteiger partial charge in [-0.2, -0.15) is 0 Å². The monoisotopic (exact) mass is 381 g/mol. The van der Waals surface area contributed by atoms with Crippen molar-refractivity contribution in [2.75, 3.05) is 6.54 Å². The molecule has 2 aromatic rings. The maximum absolute atomic E-state index is 13.3. The Hall–Kier alpha value is -2.56. The molecule has 0 spiro atoms. The third-order valence-electron chi connectivity index (χ3n) is 5.61. The molecule has 0 bridgehead atoms. The van der Waals surface area contributed by atoms with Crippen LogP contribution < -0.4 is 0 Å². The molecule has 3 rings (SSSR count). The van der Waals surface area contributed by atoms with Crippen molar-refractivity contribution in [2.24, 2.45) is 13.0 Å². The molecule has 28 heavy (non-hydrogen) atoms. The normalized spacial score (nSPS) is 14.5. The molecule has 5 heteroatoms. The van der Waals surface area contributed by atoms with Crippen molar-refractivity contribution in [1.29, 1.82) is 0 Å². The van der Waals surface area contributed by atoms with Gasteiger partial charge in [0.15, 0.2) is 0 Å². The summed E-state index contributed by atoms with van der Waals surface area (Å²) in [6.45, 7) is 5.32. The van der Waals surface area contributed by atoms with Crippen LogP contribution in [0.5, 0.6) is 0 Å². The Kier molecular flexibility index (Phi) is 6.55. The molecule has 1 fully saturated rings. The first-order valence-corrected chi connectivity index (χ1v) is 10.2. The van der Waals surface area contributed by atoms with Gasteiger partial charge >= 0.3 is 0 Å². The molecule has 1 aliphatic carbocycles. The van der Waals surface area contributed by atoms with Crippen LogP contribution in [0.25, 0.3) is 0 Å². The van der Waals surface area contributed by atoms with Crippen LogP contribution in [0.2, 0.25) is 0 Å². The van der Waals surface area contributed by atoms with Gasteiger partial charge in [0.2, 0.25) is 11.8 Å². The van der Waals surface area contributed by atoms with E-state index in [1.54, 1.807) is 4.90 Å². The van der Waals surface area contributed by atoms with Crippen LogP contribution in [0.3, 0.4) is 0 Å². The van der Waals surface area contributed by atoms with Gasteiger partial charge in [0, 0.05) is 37.4 Å². The smallest absolute Gasteiger partial charge is 0.242 e. The van der Waals surface area contributed by atoms with E-state index in [9.17, 15) is 9.59 Å². The van der Waals surface area contributed by atoms with Crippen LogP contribution in [-0.2, 0) is 29.7 Å². The predicted octanol–water partition coefficient (Wildman–Crippen LogP) is 3.59. The first kappa shape index (κ1) is 20.2. The number of hydrogen-bond acceptors (Lipinski definition) is 2. The molecule has 1 aromatic carbocycles. The van der Waals surface area contributed by atoms with Gasteiger partial charge in [0.05, 0.1) is 6.54 Å². The molecule has 0 radical (unpaired) electrons. The number of aryl methyl sites for hydroxylation is 1. The zero-order chi connectivity index (χ0) is 20.1. The Morgan fingerprint density at radius 1 is 1.11 bits per heavy atom. The highest BCUT2D eigenvalue weighted by Crippen LogP contribution is 2.32. The fourth-order valence-corrected chi connectivity index (χ4v) is 3.37. The minimum Gasteiger partial charge on any atom is -0.353 e. The van der Waals surface area contributed by atoms with Crippen molar-refractivity contribution in [3.8, 4) is 0 Å². The Bertz CT molecular complexity index is 795. The molecule has 0 aliphatic heterocycles. The zero-order valence-corrected chi connectivity index (χ0v) is 17.2. The van der Waals surface area contributed by atoms with E-state index >= 15 is 0 Å². The van der Waals surface area contributed by atoms with Crippen LogP contribution in [0.15, 0.2) is 48.7 Å². The lowest BCUT2D eigenvalue weighted by Gasteiger charge is -2.31. The van der Waals surface area contributed by atoms with Crippen molar-refractivity contribution < 1.29 is 9.59 Å². The van der Waals surface area contributed by atoms with E-state index in [2.05, 4.69) is 6.92 Å². The summed E-state index contributed by atoms with van der Waals surface area (Å²) in [5, 5.41) is 0. The second-order valence-electron chi connectivity index (χ2n) is 7.84. The lowest BCUT2D eigenvalue weighted by molar-refractivity contribution is -0.143. The molecular formula is C23H31N3O2. The van der Waals surface area contributed by atoms with E-state index in [1.165, 1.54) is 0 Å². The van der Waals surface area contributed by atoms with Crippen LogP contribution in [0.1, 0.15) is 44.4 Å². The van der Waals surface area contributed by atoms with Crippen molar-refractivity contribution in [1.82, 2.24) is 14.4 Å². The molecule has 1 saturated carbocycles. The number of hydrogen-bond donors (Lipinski definition) is 0. The molecule has 1 atom stereocenters. The van der Waals surface area contributed by atoms with Gasteiger partial charge in [-0.1, -0.05) is 37.3 Å². The van der Waals surface area contributed by atoms with Gasteiger partial charge in [-0.3, -0.25) is 9.59 Å². The third kappa shape index (κ3) is 5.03. The molecule has 150 valence electrons. The van der Waals surface area contributed by atoms with E-state index in [0.29, 0.717) is 13.1 Å². The first-order valence-electron chi connectivity index (χ1n) is 10.2. The first-order chi connectivity index (χ1) is 13.5. The van der Waals surface area contributed by atoms with Gasteiger partial charge in [-0.15, -0.1) is 0 Å². The number of rotatable bonds is 9. The SMILES string of the molecule is CCC(C)N(CC(=O)N(Cc1ccccc1)Cc1cccn1C)C(=O)C1CC1. The maximum atomic E-state index is 13.3. The number of amides is 2. The largest absolute Gasteiger partial charge is 0.353 e. The Morgan fingerprint density at radius 3 is 2.39 bits per heavy atom. The Morgan fingerprint density at radius 2 is 1.82 bits per heavy atom. The van der Waals surface area contributed by atoms with E-state index in [4.69, 9.17) is 0 Å². The maximum Gasteiger partial charge on any atom is 0.242 e. The molecule has 1 aliphatic rings. The van der Waals surface area contributed by atoms with Crippen LogP contribution >= 0.6 is 0 Å². The lowest BCUT2D eigenvalue weighted by Crippen LogP contribution is -2.47. The quantitative estimate of drug-likeness (QED) is 0.666. The van der Waals surface area contributed by atoms with Gasteiger partial charge in [-0.25, -0.2) is 0 Å². The molecule has 5 nitrogen and oxygen atoms in total. The minimum absolute atomic E-state index is 0.000599. The van der Waals surface area contributed by atoms with Gasteiger partial charge in [0.25, 0.3) is 0 Å². The van der Waals surface area contributed by atoms with Crippen molar-refractivity contribution in [3.63, 3.8) is 0 Å². The van der Waals surface area contributed by atoms with Gasteiger partial charge < -0.3 is 14.4 Å². The standard InChI is InChI=1S/C23H31N3O2/c1-4-18(2)26(23(28)20-12-13-20)17-22(27)25(15-19-9-6-5-7-10-19)16-21-11-8-14-24(21)3/h5-11,14,18,20H,4,12-13,15-17H2,1-3H3. The van der Waals surface area contributed by atoms with Crippen LogP contribution in [0, 0.1) is 5.92 Å². The minimum atomic E-state index is -0.000599. The fourth-order valence-electron chi connectivity index (χ4n) is 3.37. The third-order valence-corrected chi connectivity index (χ3v) is 5.61. The molecule has 1 heterocycles. The topological polar surface area (TPSA) is 45.6 Å². The van der Waals surface area contributed by atoms with Crippen molar-refractivity contribution in [3.05, 3.63) is 59.9 Å². The molecule has 1 unspecified atom stereocenters. The van der Waals surface area contributed by atoms with Crippen molar-refractivity contribution in [2.45, 2.75) is 52.2 Å². The number of carbonyl (C=O) groups is 2. The number of benzene rings is 1. The molecule has 0 N–H and O–H groups in total. The summed E-state index contributed by atoms with van der Waals surface area (Å²) >= 11 is 0. The predicted molar refractivity (Wildman–Crippen MR) is 110 cm³/mol. The van der Waals surface area contributed by atoms with Crippen LogP contribution in [0.4, 0.5) is 0 Å². The van der Waals surface area contributed by atoms with Gasteiger partial charge in [-0.05, 0) is 43.9 Å². The highest BCUT2D eigenvalue weighted by atomic mass is 16.2. The molecule has 1 aromatic heterocycles. The summed E-state index contributed by atoms with van der Waals surface area (Å²) in [6.07, 6.45) is 4.75. The summed E-state index contributed by atoms with van der Waals surface area (Å²) in [5.74, 6) is 0.262. The fraction of sp³-hybridized carbons (Fsp3) is 0.478. The average Bonchev–Trinajstić information content (AvgIpc) is 3.48. The average molecular weight is 382 g/mol. The highest BCUT2D eigenvalue weighted by molar-refractivity contribution is 5.87. The summed E-state index contributed by atoms with van der Waals surface area (Å²) in [5.41, 5.74) is 2.17. The summed E-state index contributed by atoms with van der Waals surface area (Å²) < 4.78 is 2.03. The Balaban J connectivity index is 1.77. The van der Waals surface area contributed by atoms with E-state index in [0.717, 1.165) is 30.5 Å². The molecular weight excluding hydrogens is 350 g/mol. The van der Waals surface area contributed by atoms with E-state index in [-0.39, 0.29) is 30.3 Å². The van der Waals surface area contributed by atoms with E-state index in [1.807, 2.05) is 72.1 Å². The summed E-state index contributed by atoms with van der Waals surface area (Å²) in [6, 6.07) is 14.1. The number of aromatic nitrogens is 1. The Labute approximate surface area is 167 Å². The summed E-state index contributed by atoms with van der Waals surface area (Å²) in [7, 11) is 1.99. The van der Waals surface area contributed by atoms with Gasteiger partial charge in [0.1, 0.15) is 6.54 Å². The zero-order valence-electron chi connectivity index (χ0n) is 17.2. The second-order valence-corrected chi connectivity index (χ2v) is 7.84. The lowest BCUT2D eigenvalue weighted by atomic mass is 10.1. The van der Waals surface area contributed by atoms with E-state index < -0.39 is 0 Å². The van der Waals surface area contributed by atoms with Crippen LogP contribution in [-0.4, -0.2) is 38.8 Å². The van der Waals surface area contributed by atoms with Crippen molar-refractivity contribution >= 4 is 11.8 Å². The number of nitrogens with zero attached hydrogens (tertiary/aromatic N) is 3. The second kappa shape index (κ2) is 9.09. The molecule has 0 saturated heterocycles. The summed E-state index contributed by atoms with van der Waals surface area (Å²) in [4.78, 5) is 29.7. The molecule has 2 amide bonds.